The van der Waals surface area contributed by atoms with Crippen molar-refractivity contribution in [3.05, 3.63) is 90.0 Å². The van der Waals surface area contributed by atoms with Gasteiger partial charge in [0.25, 0.3) is 0 Å². The van der Waals surface area contributed by atoms with Crippen LogP contribution < -0.4 is 0 Å². The van der Waals surface area contributed by atoms with E-state index in [1.165, 1.54) is 87.6 Å². The molecule has 2 heteroatoms. The van der Waals surface area contributed by atoms with Crippen molar-refractivity contribution in [1.29, 1.82) is 0 Å². The molecule has 2 nitrogen and oxygen atoms in total. The summed E-state index contributed by atoms with van der Waals surface area (Å²) in [6.45, 7) is 3.39. The maximum Gasteiger partial charge on any atom is 0.109 e. The average molecular weight is 445 g/mol. The van der Waals surface area contributed by atoms with Crippen LogP contribution in [0.2, 0.25) is 0 Å². The van der Waals surface area contributed by atoms with Gasteiger partial charge in [0.05, 0.1) is 0 Å². The van der Waals surface area contributed by atoms with Crippen LogP contribution in [0.3, 0.4) is 0 Å². The van der Waals surface area contributed by atoms with E-state index >= 15 is 0 Å². The molecular weight excluding hydrogens is 400 g/mol. The first-order valence-electron chi connectivity index (χ1n) is 13.5. The first-order valence-corrected chi connectivity index (χ1v) is 13.5. The molecular formula is C31H44N2. The van der Waals surface area contributed by atoms with Gasteiger partial charge in [0, 0.05) is 25.4 Å². The van der Waals surface area contributed by atoms with E-state index in [0.717, 1.165) is 19.4 Å². The lowest BCUT2D eigenvalue weighted by Crippen LogP contribution is -2.12. The van der Waals surface area contributed by atoms with Gasteiger partial charge in [0.1, 0.15) is 5.82 Å². The van der Waals surface area contributed by atoms with Gasteiger partial charge in [-0.3, -0.25) is 0 Å². The summed E-state index contributed by atoms with van der Waals surface area (Å²) in [5, 5.41) is 0. The van der Waals surface area contributed by atoms with Crippen molar-refractivity contribution in [2.45, 2.75) is 103 Å². The van der Waals surface area contributed by atoms with Gasteiger partial charge in [0.15, 0.2) is 0 Å². The number of hydrogen-bond acceptors (Lipinski definition) is 1. The lowest BCUT2D eigenvalue weighted by atomic mass is 9.89. The van der Waals surface area contributed by atoms with Gasteiger partial charge in [-0.25, -0.2) is 4.98 Å². The second-order valence-corrected chi connectivity index (χ2v) is 9.57. The maximum absolute atomic E-state index is 4.76. The quantitative estimate of drug-likeness (QED) is 0.190. The highest BCUT2D eigenvalue weighted by Gasteiger charge is 2.16. The molecule has 33 heavy (non-hydrogen) atoms. The second kappa shape index (κ2) is 15.5. The van der Waals surface area contributed by atoms with Crippen molar-refractivity contribution in [3.63, 3.8) is 0 Å². The number of hydrogen-bond donors (Lipinski definition) is 0. The van der Waals surface area contributed by atoms with Gasteiger partial charge in [-0.05, 0) is 29.9 Å². The second-order valence-electron chi connectivity index (χ2n) is 9.57. The van der Waals surface area contributed by atoms with Crippen LogP contribution in [0.15, 0.2) is 73.1 Å². The zero-order valence-corrected chi connectivity index (χ0v) is 20.8. The molecule has 2 aromatic carbocycles. The topological polar surface area (TPSA) is 17.8 Å². The lowest BCUT2D eigenvalue weighted by Gasteiger charge is -2.18. The zero-order valence-electron chi connectivity index (χ0n) is 20.8. The Morgan fingerprint density at radius 3 is 1.88 bits per heavy atom. The number of nitrogens with zero attached hydrogens (tertiary/aromatic N) is 2. The van der Waals surface area contributed by atoms with E-state index in [2.05, 4.69) is 78.4 Å². The molecule has 0 radical (unpaired) electrons. The fourth-order valence-electron chi connectivity index (χ4n) is 4.83. The third kappa shape index (κ3) is 9.58. The van der Waals surface area contributed by atoms with Gasteiger partial charge in [-0.15, -0.1) is 0 Å². The Hall–Kier alpha value is -2.35. The van der Waals surface area contributed by atoms with Crippen molar-refractivity contribution >= 4 is 0 Å². The van der Waals surface area contributed by atoms with Gasteiger partial charge in [-0.1, -0.05) is 132 Å². The van der Waals surface area contributed by atoms with Crippen molar-refractivity contribution < 1.29 is 0 Å². The van der Waals surface area contributed by atoms with Crippen LogP contribution in [-0.4, -0.2) is 9.55 Å². The van der Waals surface area contributed by atoms with Crippen LogP contribution in [-0.2, 0) is 19.4 Å². The zero-order chi connectivity index (χ0) is 23.0. The highest BCUT2D eigenvalue weighted by molar-refractivity contribution is 5.25. The molecule has 0 fully saturated rings. The summed E-state index contributed by atoms with van der Waals surface area (Å²) in [6, 6.07) is 21.8. The Bertz CT molecular complexity index is 853. The predicted molar refractivity (Wildman–Crippen MR) is 142 cm³/mol. The van der Waals surface area contributed by atoms with Crippen molar-refractivity contribution in [2.24, 2.45) is 0 Å². The largest absolute Gasteiger partial charge is 0.335 e. The van der Waals surface area contributed by atoms with E-state index in [9.17, 15) is 0 Å². The molecule has 0 amide bonds. The average Bonchev–Trinajstić information content (AvgIpc) is 3.30. The van der Waals surface area contributed by atoms with Crippen molar-refractivity contribution in [3.8, 4) is 0 Å². The SMILES string of the molecule is CCCCCCCCCCCCCn1ccnc1CC(Cc1ccccc1)c1ccccc1. The smallest absolute Gasteiger partial charge is 0.109 e. The molecule has 0 N–H and O–H groups in total. The summed E-state index contributed by atoms with van der Waals surface area (Å²) in [7, 11) is 0. The molecule has 1 heterocycles. The molecule has 0 aliphatic carbocycles. The molecule has 0 saturated carbocycles. The Kier molecular flexibility index (Phi) is 11.9. The van der Waals surface area contributed by atoms with Gasteiger partial charge in [-0.2, -0.15) is 0 Å². The molecule has 3 rings (SSSR count). The van der Waals surface area contributed by atoms with E-state index in [4.69, 9.17) is 4.98 Å². The normalized spacial score (nSPS) is 12.2. The highest BCUT2D eigenvalue weighted by Crippen LogP contribution is 2.25. The first-order chi connectivity index (χ1) is 16.4. The summed E-state index contributed by atoms with van der Waals surface area (Å²) in [6.07, 6.45) is 21.5. The third-order valence-electron chi connectivity index (χ3n) is 6.83. The number of imidazole rings is 1. The summed E-state index contributed by atoms with van der Waals surface area (Å²) in [4.78, 5) is 4.76. The van der Waals surface area contributed by atoms with Gasteiger partial charge >= 0.3 is 0 Å². The molecule has 3 aromatic rings. The Morgan fingerprint density at radius 1 is 0.667 bits per heavy atom. The molecule has 0 spiro atoms. The van der Waals surface area contributed by atoms with Crippen LogP contribution in [0.5, 0.6) is 0 Å². The molecule has 178 valence electrons. The Labute approximate surface area is 202 Å². The van der Waals surface area contributed by atoms with E-state index in [1.807, 2.05) is 6.20 Å². The van der Waals surface area contributed by atoms with Crippen LogP contribution in [0.4, 0.5) is 0 Å². The summed E-state index contributed by atoms with van der Waals surface area (Å²) < 4.78 is 2.40. The Morgan fingerprint density at radius 2 is 1.24 bits per heavy atom. The lowest BCUT2D eigenvalue weighted by molar-refractivity contribution is 0.519. The van der Waals surface area contributed by atoms with Crippen LogP contribution >= 0.6 is 0 Å². The number of benzene rings is 2. The van der Waals surface area contributed by atoms with Crippen molar-refractivity contribution in [2.75, 3.05) is 0 Å². The summed E-state index contributed by atoms with van der Waals surface area (Å²) >= 11 is 0. The minimum Gasteiger partial charge on any atom is -0.335 e. The number of unbranched alkanes of at least 4 members (excludes halogenated alkanes) is 10. The van der Waals surface area contributed by atoms with Crippen LogP contribution in [0, 0.1) is 0 Å². The monoisotopic (exact) mass is 444 g/mol. The van der Waals surface area contributed by atoms with E-state index < -0.39 is 0 Å². The molecule has 1 atom stereocenters. The molecule has 0 aliphatic rings. The fourth-order valence-corrected chi connectivity index (χ4v) is 4.83. The molecule has 0 saturated heterocycles. The van der Waals surface area contributed by atoms with E-state index in [1.54, 1.807) is 0 Å². The van der Waals surface area contributed by atoms with Gasteiger partial charge < -0.3 is 4.57 Å². The first kappa shape index (κ1) is 25.3. The summed E-state index contributed by atoms with van der Waals surface area (Å²) in [5.41, 5.74) is 2.81. The third-order valence-corrected chi connectivity index (χ3v) is 6.83. The van der Waals surface area contributed by atoms with Crippen molar-refractivity contribution in [1.82, 2.24) is 9.55 Å². The molecule has 0 aliphatic heterocycles. The molecule has 1 unspecified atom stereocenters. The van der Waals surface area contributed by atoms with E-state index in [0.29, 0.717) is 5.92 Å². The minimum absolute atomic E-state index is 0.451. The maximum atomic E-state index is 4.76. The highest BCUT2D eigenvalue weighted by atomic mass is 15.1. The number of aryl methyl sites for hydroxylation is 1. The van der Waals surface area contributed by atoms with E-state index in [-0.39, 0.29) is 0 Å². The molecule has 0 bridgehead atoms. The summed E-state index contributed by atoms with van der Waals surface area (Å²) in [5.74, 6) is 1.68. The standard InChI is InChI=1S/C31H44N2/c1-2-3-4-5-6-7-8-9-10-11-18-24-33-25-23-32-31(33)27-30(29-21-16-13-17-22-29)26-28-19-14-12-15-20-28/h12-17,19-23,25,30H,2-11,18,24,26-27H2,1H3. The number of aromatic nitrogens is 2. The van der Waals surface area contributed by atoms with Crippen LogP contribution in [0.1, 0.15) is 100 Å². The fraction of sp³-hybridized carbons (Fsp3) is 0.516. The number of rotatable bonds is 17. The molecule has 1 aromatic heterocycles. The Balaban J connectivity index is 1.42. The predicted octanol–water partition coefficient (Wildman–Crippen LogP) is 8.76. The van der Waals surface area contributed by atoms with Gasteiger partial charge in [0.2, 0.25) is 0 Å². The van der Waals surface area contributed by atoms with Crippen LogP contribution in [0.25, 0.3) is 0 Å². The minimum atomic E-state index is 0.451.